The van der Waals surface area contributed by atoms with Crippen molar-refractivity contribution < 1.29 is 41.7 Å². The van der Waals surface area contributed by atoms with E-state index >= 15 is 8.78 Å². The van der Waals surface area contributed by atoms with Crippen LogP contribution in [0, 0.1) is 11.6 Å². The molecule has 17 heteroatoms. The number of aromatic nitrogens is 3. The van der Waals surface area contributed by atoms with E-state index in [1.807, 2.05) is 86.0 Å². The third kappa shape index (κ3) is 8.40. The lowest BCUT2D eigenvalue weighted by atomic mass is 9.95. The van der Waals surface area contributed by atoms with E-state index < -0.39 is 47.2 Å². The van der Waals surface area contributed by atoms with Gasteiger partial charge in [-0.15, -0.1) is 0 Å². The van der Waals surface area contributed by atoms with E-state index in [-0.39, 0.29) is 53.0 Å². The minimum absolute atomic E-state index is 0.0484. The Morgan fingerprint density at radius 2 is 1.62 bits per heavy atom. The summed E-state index contributed by atoms with van der Waals surface area (Å²) in [5, 5.41) is 0.279. The van der Waals surface area contributed by atoms with Crippen LogP contribution in [-0.4, -0.2) is 120 Å². The summed E-state index contributed by atoms with van der Waals surface area (Å²) in [6.45, 7) is 9.81. The molecule has 4 saturated heterocycles. The molecule has 0 spiro atoms. The fourth-order valence-corrected chi connectivity index (χ4v) is 11.1. The van der Waals surface area contributed by atoms with Gasteiger partial charge in [-0.05, 0) is 114 Å². The number of carbonyl (C=O) groups is 1. The molecule has 10 rings (SSSR count). The first-order chi connectivity index (χ1) is 32.6. The number of anilines is 4. The van der Waals surface area contributed by atoms with Crippen LogP contribution in [0.1, 0.15) is 70.9 Å². The van der Waals surface area contributed by atoms with Crippen LogP contribution in [-0.2, 0) is 17.8 Å². The number of alkyl halides is 1. The molecule has 2 bridgehead atoms. The highest BCUT2D eigenvalue weighted by Crippen LogP contribution is 2.48. The molecule has 68 heavy (non-hydrogen) atoms. The van der Waals surface area contributed by atoms with E-state index in [0.717, 1.165) is 36.9 Å². The maximum atomic E-state index is 17.7. The topological polar surface area (TPSA) is 118 Å². The molecule has 1 amide bonds. The van der Waals surface area contributed by atoms with Gasteiger partial charge in [-0.2, -0.15) is 15.0 Å². The second-order valence-corrected chi connectivity index (χ2v) is 19.9. The number of pyridine rings is 1. The number of benzene rings is 3. The van der Waals surface area contributed by atoms with Crippen molar-refractivity contribution in [1.29, 1.82) is 0 Å². The highest BCUT2D eigenvalue weighted by molar-refractivity contribution is 5.97. The molecular weight excluding hydrogens is 878 g/mol. The van der Waals surface area contributed by atoms with Crippen molar-refractivity contribution in [3.8, 4) is 23.4 Å². The van der Waals surface area contributed by atoms with Gasteiger partial charge in [0.25, 0.3) is 0 Å². The van der Waals surface area contributed by atoms with Gasteiger partial charge in [0, 0.05) is 45.3 Å². The number of rotatable bonds is 12. The van der Waals surface area contributed by atoms with Crippen LogP contribution in [0.3, 0.4) is 0 Å². The van der Waals surface area contributed by atoms with Gasteiger partial charge in [0.1, 0.15) is 58.5 Å². The molecule has 7 heterocycles. The van der Waals surface area contributed by atoms with Gasteiger partial charge in [-0.25, -0.2) is 18.0 Å². The fourth-order valence-electron chi connectivity index (χ4n) is 11.1. The Kier molecular flexibility index (Phi) is 11.9. The fraction of sp³-hybridized carbons (Fsp3) is 0.490. The Labute approximate surface area is 394 Å². The van der Waals surface area contributed by atoms with Crippen molar-refractivity contribution in [2.45, 2.75) is 114 Å². The van der Waals surface area contributed by atoms with Crippen LogP contribution in [0.4, 0.5) is 41.0 Å². The van der Waals surface area contributed by atoms with Crippen LogP contribution in [0.5, 0.6) is 23.4 Å². The van der Waals surface area contributed by atoms with Crippen molar-refractivity contribution in [3.63, 3.8) is 0 Å². The van der Waals surface area contributed by atoms with Crippen molar-refractivity contribution >= 4 is 40.0 Å². The van der Waals surface area contributed by atoms with E-state index in [1.165, 1.54) is 6.07 Å². The van der Waals surface area contributed by atoms with Gasteiger partial charge in [-0.3, -0.25) is 9.80 Å². The number of amides is 1. The van der Waals surface area contributed by atoms with E-state index in [2.05, 4.69) is 9.80 Å². The Balaban J connectivity index is 1.05. The summed E-state index contributed by atoms with van der Waals surface area (Å²) >= 11 is 0. The van der Waals surface area contributed by atoms with Gasteiger partial charge in [0.2, 0.25) is 5.88 Å². The lowest BCUT2D eigenvalue weighted by Gasteiger charge is -2.48. The maximum Gasteiger partial charge on any atom is 0.410 e. The standard InChI is InChI=1S/C51H59F3N8O6/c1-30-44-39-20-14-35(62(39)49(63)68-50(2,3)4)28-61(44)45-41-43(55-48(57-45)66-29-51-21-8-22-60(51)27-33(52)24-51)42(54)46(56-47(41)67-30)58(5)34-13-19-38(53)40(23-34)59(25-31-9-15-36(64-6)16-10-31)26-32-11-17-37(65-7)18-12-32/h9-13,15-19,23,30,33,35,39,44H,8,14,20-22,24-29H2,1-7H3/t30-,33+,35+,39-,44+,51?/m0/s1. The SMILES string of the molecule is COc1ccc(CN(Cc2ccc(OC)cc2)c2cc(N(C)c3nc4c5c(nc(OCC67CCCN6C[C@H](F)C7)nc5c3F)N3C[C@H]5CC[C@@H]([C@H]3[C@H](C)O4)N5C(=O)OC(C)(C)C)ccc2F)cc1. The molecule has 2 aromatic heterocycles. The number of hydrogen-bond donors (Lipinski definition) is 0. The van der Waals surface area contributed by atoms with Crippen LogP contribution in [0.2, 0.25) is 0 Å². The molecule has 5 aromatic rings. The molecule has 3 aromatic carbocycles. The van der Waals surface area contributed by atoms with E-state index in [9.17, 15) is 9.18 Å². The van der Waals surface area contributed by atoms with Crippen molar-refractivity contribution in [3.05, 3.63) is 89.5 Å². The van der Waals surface area contributed by atoms with Crippen LogP contribution < -0.4 is 33.6 Å². The molecule has 1 unspecified atom stereocenters. The summed E-state index contributed by atoms with van der Waals surface area (Å²) in [6, 6.07) is 18.9. The van der Waals surface area contributed by atoms with Gasteiger partial charge < -0.3 is 38.4 Å². The minimum atomic E-state index is -0.967. The average Bonchev–Trinajstić information content (AvgIpc) is 3.93. The summed E-state index contributed by atoms with van der Waals surface area (Å²) in [5.41, 5.74) is 1.31. The number of fused-ring (bicyclic) bond motifs is 6. The molecule has 0 aliphatic carbocycles. The number of piperazine rings is 1. The molecule has 5 aliphatic heterocycles. The highest BCUT2D eigenvalue weighted by Gasteiger charge is 2.54. The first kappa shape index (κ1) is 45.5. The normalized spacial score (nSPS) is 24.0. The third-order valence-corrected chi connectivity index (χ3v) is 14.3. The number of ether oxygens (including phenoxy) is 5. The molecule has 360 valence electrons. The van der Waals surface area contributed by atoms with Crippen molar-refractivity contribution in [2.24, 2.45) is 0 Å². The van der Waals surface area contributed by atoms with Crippen LogP contribution >= 0.6 is 0 Å². The monoisotopic (exact) mass is 936 g/mol. The van der Waals surface area contributed by atoms with Gasteiger partial charge >= 0.3 is 12.1 Å². The summed E-state index contributed by atoms with van der Waals surface area (Å²) in [6.07, 6.45) is 1.55. The third-order valence-electron chi connectivity index (χ3n) is 14.3. The number of hydrogen-bond acceptors (Lipinski definition) is 13. The van der Waals surface area contributed by atoms with E-state index in [4.69, 9.17) is 38.6 Å². The Morgan fingerprint density at radius 1 is 0.926 bits per heavy atom. The number of carbonyl (C=O) groups excluding carboxylic acids is 1. The zero-order valence-electron chi connectivity index (χ0n) is 39.7. The Morgan fingerprint density at radius 3 is 2.28 bits per heavy atom. The lowest BCUT2D eigenvalue weighted by molar-refractivity contribution is 0.000932. The number of methoxy groups -OCH3 is 2. The van der Waals surface area contributed by atoms with Crippen molar-refractivity contribution in [1.82, 2.24) is 24.8 Å². The Bertz CT molecular complexity index is 2640. The van der Waals surface area contributed by atoms with Gasteiger partial charge in [-0.1, -0.05) is 24.3 Å². The predicted octanol–water partition coefficient (Wildman–Crippen LogP) is 8.99. The first-order valence-electron chi connectivity index (χ1n) is 23.5. The van der Waals surface area contributed by atoms with E-state index in [0.29, 0.717) is 62.0 Å². The minimum Gasteiger partial charge on any atom is -0.497 e. The average molecular weight is 937 g/mol. The lowest BCUT2D eigenvalue weighted by Crippen LogP contribution is -2.65. The van der Waals surface area contributed by atoms with Crippen molar-refractivity contribution in [2.75, 3.05) is 62.2 Å². The highest BCUT2D eigenvalue weighted by atomic mass is 19.1. The number of halogens is 3. The van der Waals surface area contributed by atoms with Gasteiger partial charge in [0.05, 0.1) is 43.6 Å². The summed E-state index contributed by atoms with van der Waals surface area (Å²) < 4.78 is 78.8. The Hall–Kier alpha value is -6.23. The zero-order chi connectivity index (χ0) is 47.6. The molecule has 0 radical (unpaired) electrons. The van der Waals surface area contributed by atoms with Crippen LogP contribution in [0.15, 0.2) is 66.7 Å². The number of nitrogens with zero attached hydrogens (tertiary/aromatic N) is 8. The van der Waals surface area contributed by atoms with Crippen LogP contribution in [0.25, 0.3) is 10.9 Å². The summed E-state index contributed by atoms with van der Waals surface area (Å²) in [7, 11) is 4.88. The second kappa shape index (κ2) is 17.7. The molecule has 5 aliphatic rings. The molecular formula is C51H59F3N8O6. The first-order valence-corrected chi connectivity index (χ1v) is 23.5. The second-order valence-electron chi connectivity index (χ2n) is 19.9. The van der Waals surface area contributed by atoms with Gasteiger partial charge in [0.15, 0.2) is 11.6 Å². The molecule has 0 saturated carbocycles. The smallest absolute Gasteiger partial charge is 0.410 e. The molecule has 14 nitrogen and oxygen atoms in total. The zero-order valence-corrected chi connectivity index (χ0v) is 39.7. The molecule has 4 fully saturated rings. The summed E-state index contributed by atoms with van der Waals surface area (Å²) in [5.74, 6) is 0.581. The molecule has 6 atom stereocenters. The predicted molar refractivity (Wildman–Crippen MR) is 252 cm³/mol. The maximum absolute atomic E-state index is 17.7. The quantitative estimate of drug-likeness (QED) is 0.119. The van der Waals surface area contributed by atoms with E-state index in [1.54, 1.807) is 38.3 Å². The molecule has 0 N–H and O–H groups in total. The largest absolute Gasteiger partial charge is 0.497 e. The summed E-state index contributed by atoms with van der Waals surface area (Å²) in [4.78, 5) is 38.0.